The fourth-order valence-electron chi connectivity index (χ4n) is 8.40. The van der Waals surface area contributed by atoms with Gasteiger partial charge in [-0.25, -0.2) is 22.9 Å². The monoisotopic (exact) mass is 673 g/mol. The van der Waals surface area contributed by atoms with Crippen LogP contribution in [0.3, 0.4) is 0 Å². The van der Waals surface area contributed by atoms with Crippen LogP contribution in [-0.2, 0) is 20.2 Å². The number of fused-ring (bicyclic) bond motifs is 7. The van der Waals surface area contributed by atoms with Crippen molar-refractivity contribution in [3.63, 3.8) is 0 Å². The Morgan fingerprint density at radius 1 is 1.12 bits per heavy atom. The molecule has 1 saturated heterocycles. The van der Waals surface area contributed by atoms with E-state index in [1.165, 1.54) is 37.1 Å². The number of methoxy groups -OCH3 is 1. The van der Waals surface area contributed by atoms with Crippen LogP contribution in [-0.4, -0.2) is 65.6 Å². The highest BCUT2D eigenvalue weighted by Crippen LogP contribution is 2.58. The van der Waals surface area contributed by atoms with Crippen LogP contribution >= 0.6 is 0 Å². The van der Waals surface area contributed by atoms with E-state index >= 15 is 13.2 Å². The Hall–Kier alpha value is -3.57. The Kier molecular flexibility index (Phi) is 9.08. The molecule has 3 fully saturated rings. The minimum atomic E-state index is -3.63. The molecule has 262 valence electrons. The molecule has 2 bridgehead atoms. The van der Waals surface area contributed by atoms with Crippen molar-refractivity contribution in [2.24, 2.45) is 29.1 Å². The Morgan fingerprint density at radius 3 is 2.54 bits per heavy atom. The molecule has 8 atom stereocenters. The van der Waals surface area contributed by atoms with Crippen molar-refractivity contribution in [1.29, 1.82) is 0 Å². The second kappa shape index (κ2) is 12.7. The highest BCUT2D eigenvalue weighted by molar-refractivity contribution is 5.92. The number of carbonyl (C=O) groups is 3. The number of alkyl halides is 2. The third-order valence-electron chi connectivity index (χ3n) is 10.9. The summed E-state index contributed by atoms with van der Waals surface area (Å²) < 4.78 is 66.3. The molecule has 0 spiro atoms. The van der Waals surface area contributed by atoms with Gasteiger partial charge in [0.2, 0.25) is 11.8 Å². The third-order valence-corrected chi connectivity index (χ3v) is 10.9. The predicted octanol–water partition coefficient (Wildman–Crippen LogP) is 6.79. The maximum absolute atomic E-state index is 16.3. The summed E-state index contributed by atoms with van der Waals surface area (Å²) in [6.07, 6.45) is 0.539. The number of pyridine rings is 1. The molecule has 1 aromatic carbocycles. The molecular weight excluding hydrogens is 627 g/mol. The van der Waals surface area contributed by atoms with E-state index in [0.29, 0.717) is 43.3 Å². The molecule has 1 aromatic heterocycles. The van der Waals surface area contributed by atoms with Crippen molar-refractivity contribution in [2.75, 3.05) is 13.7 Å². The number of rotatable bonds is 3. The maximum Gasteiger partial charge on any atom is 0.408 e. The van der Waals surface area contributed by atoms with Crippen LogP contribution in [0.4, 0.5) is 18.0 Å². The van der Waals surface area contributed by atoms with Crippen LogP contribution in [0, 0.1) is 34.9 Å². The zero-order valence-corrected chi connectivity index (χ0v) is 28.5. The summed E-state index contributed by atoms with van der Waals surface area (Å²) in [5.74, 6) is -5.56. The lowest BCUT2D eigenvalue weighted by Crippen LogP contribution is -2.57. The van der Waals surface area contributed by atoms with Gasteiger partial charge in [-0.2, -0.15) is 0 Å². The number of Topliss-reactive ketones (excluding diaryl/α,β-unsaturated/α-hetero) is 1. The van der Waals surface area contributed by atoms with Gasteiger partial charge in [0.25, 0.3) is 5.92 Å². The molecule has 3 heterocycles. The van der Waals surface area contributed by atoms with Crippen molar-refractivity contribution < 1.29 is 41.8 Å². The van der Waals surface area contributed by atoms with E-state index in [9.17, 15) is 14.4 Å². The van der Waals surface area contributed by atoms with Gasteiger partial charge in [0.05, 0.1) is 25.2 Å². The van der Waals surface area contributed by atoms with Gasteiger partial charge in [-0.15, -0.1) is 0 Å². The summed E-state index contributed by atoms with van der Waals surface area (Å²) in [5.41, 5.74) is -1.62. The number of alkyl carbamates (subject to hydrolysis) is 1. The second-order valence-electron chi connectivity index (χ2n) is 15.2. The molecule has 9 nitrogen and oxygen atoms in total. The average molecular weight is 674 g/mol. The maximum atomic E-state index is 16.3. The molecule has 12 heteroatoms. The summed E-state index contributed by atoms with van der Waals surface area (Å²) in [7, 11) is 1.44. The van der Waals surface area contributed by atoms with E-state index in [4.69, 9.17) is 14.2 Å². The minimum absolute atomic E-state index is 0.0248. The molecule has 2 aliphatic heterocycles. The molecule has 2 saturated carbocycles. The van der Waals surface area contributed by atoms with E-state index in [-0.39, 0.29) is 41.7 Å². The molecular formula is C36H46F3N3O6. The first-order valence-corrected chi connectivity index (χ1v) is 17.1. The fourth-order valence-corrected chi connectivity index (χ4v) is 8.40. The Labute approximate surface area is 279 Å². The van der Waals surface area contributed by atoms with Crippen LogP contribution < -0.4 is 14.8 Å². The molecule has 0 radical (unpaired) electrons. The number of hydrogen-bond acceptors (Lipinski definition) is 7. The van der Waals surface area contributed by atoms with E-state index < -0.39 is 71.1 Å². The number of halogens is 3. The Balaban J connectivity index is 1.45. The number of hydrogen-bond donors (Lipinski definition) is 1. The Morgan fingerprint density at radius 2 is 1.88 bits per heavy atom. The van der Waals surface area contributed by atoms with Gasteiger partial charge in [-0.3, -0.25) is 9.59 Å². The number of ketones is 1. The van der Waals surface area contributed by atoms with Crippen molar-refractivity contribution in [3.8, 4) is 11.6 Å². The lowest BCUT2D eigenvalue weighted by Gasteiger charge is -2.36. The van der Waals surface area contributed by atoms with Gasteiger partial charge >= 0.3 is 6.09 Å². The SMILES string of the molecule is CCC1[C@@H]2CN(C(=O)[C@H](C(C)(C)C)NC(=O)O[C@@H]3CC4CC4[C@H]3CCCCC(F)(F)c3c(nc4cc(OC)ccc4c3F)O2)[C@@H]1C(C)=O. The van der Waals surface area contributed by atoms with Crippen LogP contribution in [0.2, 0.25) is 0 Å². The van der Waals surface area contributed by atoms with Gasteiger partial charge in [-0.1, -0.05) is 34.1 Å². The summed E-state index contributed by atoms with van der Waals surface area (Å²) in [4.78, 5) is 46.6. The van der Waals surface area contributed by atoms with Gasteiger partial charge in [-0.05, 0) is 74.3 Å². The minimum Gasteiger partial charge on any atom is -0.497 e. The zero-order valence-electron chi connectivity index (χ0n) is 28.5. The number of carbonyl (C=O) groups excluding carboxylic acids is 3. The summed E-state index contributed by atoms with van der Waals surface area (Å²) >= 11 is 0. The number of ether oxygens (including phenoxy) is 3. The largest absolute Gasteiger partial charge is 0.497 e. The van der Waals surface area contributed by atoms with Crippen LogP contribution in [0.1, 0.15) is 85.1 Å². The molecule has 4 aliphatic rings. The predicted molar refractivity (Wildman–Crippen MR) is 171 cm³/mol. The summed E-state index contributed by atoms with van der Waals surface area (Å²) in [5, 5.41) is 2.72. The number of benzene rings is 1. The number of amides is 2. The molecule has 48 heavy (non-hydrogen) atoms. The van der Waals surface area contributed by atoms with Crippen LogP contribution in [0.15, 0.2) is 18.2 Å². The number of nitrogens with one attached hydrogen (secondary N) is 1. The summed E-state index contributed by atoms with van der Waals surface area (Å²) in [6, 6.07) is 2.29. The van der Waals surface area contributed by atoms with E-state index in [0.717, 1.165) is 6.42 Å². The lowest BCUT2D eigenvalue weighted by molar-refractivity contribution is -0.141. The normalized spacial score (nSPS) is 32.1. The average Bonchev–Trinajstić information content (AvgIpc) is 3.54. The number of nitrogens with zero attached hydrogens (tertiary/aromatic N) is 2. The summed E-state index contributed by atoms with van der Waals surface area (Å²) in [6.45, 7) is 8.46. The van der Waals surface area contributed by atoms with E-state index in [2.05, 4.69) is 10.3 Å². The number of aromatic nitrogens is 1. The van der Waals surface area contributed by atoms with Crippen molar-refractivity contribution in [2.45, 2.75) is 110 Å². The Bertz CT molecular complexity index is 1590. The van der Waals surface area contributed by atoms with Gasteiger partial charge in [0, 0.05) is 23.8 Å². The first-order valence-electron chi connectivity index (χ1n) is 17.1. The molecule has 3 unspecified atom stereocenters. The van der Waals surface area contributed by atoms with Crippen LogP contribution in [0.25, 0.3) is 10.9 Å². The second-order valence-corrected chi connectivity index (χ2v) is 15.2. The highest BCUT2D eigenvalue weighted by Gasteiger charge is 2.55. The molecule has 2 aliphatic carbocycles. The third kappa shape index (κ3) is 6.31. The van der Waals surface area contributed by atoms with Crippen molar-refractivity contribution in [1.82, 2.24) is 15.2 Å². The van der Waals surface area contributed by atoms with Gasteiger partial charge < -0.3 is 24.4 Å². The molecule has 6 rings (SSSR count). The molecule has 1 N–H and O–H groups in total. The standard InChI is InChI=1S/C36H46F3N3O6/c1-7-21-27-17-42(30(21)18(2)43)33(44)31(35(3,4)5)41-34(45)48-26-15-19-14-24(19)22(26)10-8-9-13-36(38,39)28-29(37)23-12-11-20(46-6)16-25(23)40-32(28)47-27/h11-12,16,19,21-22,24,26-27,30-31H,7-10,13-15,17H2,1-6H3,(H,41,45)/t19?,21?,22-,24?,26-,27+,30-,31-/m1/s1. The zero-order chi connectivity index (χ0) is 34.7. The van der Waals surface area contributed by atoms with E-state index in [1.807, 2.05) is 27.7 Å². The van der Waals surface area contributed by atoms with E-state index in [1.54, 1.807) is 0 Å². The lowest BCUT2D eigenvalue weighted by atomic mass is 9.85. The van der Waals surface area contributed by atoms with Crippen LogP contribution in [0.5, 0.6) is 11.6 Å². The smallest absolute Gasteiger partial charge is 0.408 e. The first kappa shape index (κ1) is 34.3. The fraction of sp³-hybridized carbons (Fsp3) is 0.667. The highest BCUT2D eigenvalue weighted by atomic mass is 19.3. The van der Waals surface area contributed by atoms with Gasteiger partial charge in [0.1, 0.15) is 35.4 Å². The topological polar surface area (TPSA) is 107 Å². The van der Waals surface area contributed by atoms with Crippen molar-refractivity contribution in [3.05, 3.63) is 29.6 Å². The van der Waals surface area contributed by atoms with Gasteiger partial charge in [0.15, 0.2) is 5.78 Å². The molecule has 2 aromatic rings. The molecule has 2 amide bonds. The quantitative estimate of drug-likeness (QED) is 0.383. The first-order chi connectivity index (χ1) is 22.6. The van der Waals surface area contributed by atoms with Crippen molar-refractivity contribution >= 4 is 28.7 Å².